The summed E-state index contributed by atoms with van der Waals surface area (Å²) in [7, 11) is 1.51. The van der Waals surface area contributed by atoms with E-state index in [4.69, 9.17) is 20.8 Å². The third-order valence-electron chi connectivity index (χ3n) is 2.07. The molecule has 5 heteroatoms. The lowest BCUT2D eigenvalue weighted by molar-refractivity contribution is 0.103. The smallest absolute Gasteiger partial charge is 0.204 e. The van der Waals surface area contributed by atoms with Crippen LogP contribution in [0.3, 0.4) is 0 Å². The fraction of sp³-hybridized carbons (Fsp3) is 0.0909. The Morgan fingerprint density at radius 1 is 1.50 bits per heavy atom. The molecule has 0 spiro atoms. The second-order valence-electron chi connectivity index (χ2n) is 3.05. The predicted molar refractivity (Wildman–Crippen MR) is 57.9 cm³/mol. The van der Waals surface area contributed by atoms with Crippen LogP contribution >= 0.6 is 11.6 Å². The van der Waals surface area contributed by atoms with Crippen LogP contribution in [0.5, 0.6) is 5.75 Å². The van der Waals surface area contributed by atoms with E-state index in [-0.39, 0.29) is 11.0 Å². The largest absolute Gasteiger partial charge is 0.495 e. The Hall–Kier alpha value is -1.81. The molecule has 0 amide bonds. The van der Waals surface area contributed by atoms with Crippen molar-refractivity contribution in [3.05, 3.63) is 47.1 Å². The topological polar surface area (TPSA) is 52.3 Å². The minimum atomic E-state index is -0.245. The summed E-state index contributed by atoms with van der Waals surface area (Å²) < 4.78 is 9.84. The number of ether oxygens (including phenoxy) is 1. The number of carbonyl (C=O) groups is 1. The van der Waals surface area contributed by atoms with Gasteiger partial charge >= 0.3 is 0 Å². The van der Waals surface area contributed by atoms with Crippen LogP contribution in [0.15, 0.2) is 35.2 Å². The quantitative estimate of drug-likeness (QED) is 0.770. The van der Waals surface area contributed by atoms with Gasteiger partial charge in [0.2, 0.25) is 5.22 Å². The highest BCUT2D eigenvalue weighted by Crippen LogP contribution is 2.21. The van der Waals surface area contributed by atoms with Gasteiger partial charge in [0.05, 0.1) is 25.1 Å². The van der Waals surface area contributed by atoms with E-state index in [0.717, 1.165) is 0 Å². The summed E-state index contributed by atoms with van der Waals surface area (Å²) in [6.45, 7) is 0. The Balaban J connectivity index is 2.38. The standard InChI is InChI=1S/C11H8ClNO3/c1-15-8-4-7(5-13-6-8)10(14)9-2-3-16-11(9)12/h2-6H,1H3. The zero-order chi connectivity index (χ0) is 11.5. The molecule has 0 aliphatic carbocycles. The van der Waals surface area contributed by atoms with Gasteiger partial charge in [0.1, 0.15) is 5.75 Å². The van der Waals surface area contributed by atoms with Crippen molar-refractivity contribution < 1.29 is 13.9 Å². The average Bonchev–Trinajstić information content (AvgIpc) is 2.74. The van der Waals surface area contributed by atoms with Crippen LogP contribution in [0.2, 0.25) is 5.22 Å². The third-order valence-corrected chi connectivity index (χ3v) is 2.37. The lowest BCUT2D eigenvalue weighted by Crippen LogP contribution is -2.01. The maximum Gasteiger partial charge on any atom is 0.204 e. The molecule has 0 N–H and O–H groups in total. The number of ketones is 1. The summed E-state index contributed by atoms with van der Waals surface area (Å²) in [5.74, 6) is 0.274. The minimum Gasteiger partial charge on any atom is -0.495 e. The van der Waals surface area contributed by atoms with Gasteiger partial charge in [0, 0.05) is 11.8 Å². The number of carbonyl (C=O) groups excluding carboxylic acids is 1. The van der Waals surface area contributed by atoms with Crippen LogP contribution in [-0.4, -0.2) is 17.9 Å². The van der Waals surface area contributed by atoms with Gasteiger partial charge in [0.15, 0.2) is 5.78 Å². The fourth-order valence-corrected chi connectivity index (χ4v) is 1.47. The van der Waals surface area contributed by atoms with Gasteiger partial charge in [-0.3, -0.25) is 9.78 Å². The average molecular weight is 238 g/mol. The van der Waals surface area contributed by atoms with Gasteiger partial charge in [0.25, 0.3) is 0 Å². The number of halogens is 1. The van der Waals surface area contributed by atoms with E-state index in [0.29, 0.717) is 16.9 Å². The number of nitrogens with zero attached hydrogens (tertiary/aromatic N) is 1. The number of hydrogen-bond donors (Lipinski definition) is 0. The van der Waals surface area contributed by atoms with E-state index in [1.807, 2.05) is 0 Å². The molecule has 0 saturated heterocycles. The monoisotopic (exact) mass is 237 g/mol. The molecule has 16 heavy (non-hydrogen) atoms. The minimum absolute atomic E-state index is 0.0767. The number of aromatic nitrogens is 1. The molecule has 0 atom stereocenters. The van der Waals surface area contributed by atoms with Crippen molar-refractivity contribution in [3.63, 3.8) is 0 Å². The van der Waals surface area contributed by atoms with Gasteiger partial charge < -0.3 is 9.15 Å². The zero-order valence-electron chi connectivity index (χ0n) is 8.44. The van der Waals surface area contributed by atoms with Gasteiger partial charge in [-0.2, -0.15) is 0 Å². The van der Waals surface area contributed by atoms with E-state index in [1.54, 1.807) is 6.07 Å². The summed E-state index contributed by atoms with van der Waals surface area (Å²) in [4.78, 5) is 15.9. The molecule has 82 valence electrons. The van der Waals surface area contributed by atoms with E-state index in [9.17, 15) is 4.79 Å². The highest BCUT2D eigenvalue weighted by atomic mass is 35.5. The van der Waals surface area contributed by atoms with Crippen LogP contribution in [0.1, 0.15) is 15.9 Å². The lowest BCUT2D eigenvalue weighted by Gasteiger charge is -2.01. The third kappa shape index (κ3) is 1.92. The Morgan fingerprint density at radius 3 is 2.94 bits per heavy atom. The van der Waals surface area contributed by atoms with Crippen LogP contribution in [0.4, 0.5) is 0 Å². The molecule has 0 bridgehead atoms. The summed E-state index contributed by atoms with van der Waals surface area (Å²) in [6.07, 6.45) is 4.34. The highest BCUT2D eigenvalue weighted by molar-refractivity contribution is 6.33. The number of pyridine rings is 1. The molecule has 0 radical (unpaired) electrons. The van der Waals surface area contributed by atoms with Crippen LogP contribution < -0.4 is 4.74 Å². The van der Waals surface area contributed by atoms with Crippen LogP contribution in [0.25, 0.3) is 0 Å². The Kier molecular flexibility index (Phi) is 2.92. The summed E-state index contributed by atoms with van der Waals surface area (Å²) in [5, 5.41) is 0.0767. The molecule has 0 aromatic carbocycles. The molecule has 0 aliphatic rings. The Labute approximate surface area is 96.8 Å². The normalized spacial score (nSPS) is 10.1. The first-order valence-electron chi connectivity index (χ1n) is 4.49. The maximum atomic E-state index is 12.0. The van der Waals surface area contributed by atoms with Crippen molar-refractivity contribution in [3.8, 4) is 5.75 Å². The van der Waals surface area contributed by atoms with Gasteiger partial charge in [-0.1, -0.05) is 0 Å². The molecule has 2 aromatic heterocycles. The Morgan fingerprint density at radius 2 is 2.31 bits per heavy atom. The molecule has 0 fully saturated rings. The number of hydrogen-bond acceptors (Lipinski definition) is 4. The van der Waals surface area contributed by atoms with Gasteiger partial charge in [-0.15, -0.1) is 0 Å². The molecule has 0 unspecified atom stereocenters. The van der Waals surface area contributed by atoms with E-state index in [2.05, 4.69) is 4.98 Å². The summed E-state index contributed by atoms with van der Waals surface area (Å²) >= 11 is 5.72. The molecule has 4 nitrogen and oxygen atoms in total. The van der Waals surface area contributed by atoms with Crippen molar-refractivity contribution in [2.45, 2.75) is 0 Å². The number of methoxy groups -OCH3 is 1. The first-order chi connectivity index (χ1) is 7.72. The first-order valence-corrected chi connectivity index (χ1v) is 4.87. The number of rotatable bonds is 3. The zero-order valence-corrected chi connectivity index (χ0v) is 9.19. The first kappa shape index (κ1) is 10.7. The molecule has 2 rings (SSSR count). The van der Waals surface area contributed by atoms with E-state index < -0.39 is 0 Å². The predicted octanol–water partition coefficient (Wildman–Crippen LogP) is 2.57. The summed E-state index contributed by atoms with van der Waals surface area (Å²) in [5.41, 5.74) is 0.722. The van der Waals surface area contributed by atoms with Crippen LogP contribution in [-0.2, 0) is 0 Å². The van der Waals surface area contributed by atoms with Crippen molar-refractivity contribution >= 4 is 17.4 Å². The van der Waals surface area contributed by atoms with E-state index >= 15 is 0 Å². The van der Waals surface area contributed by atoms with Crippen molar-refractivity contribution in [1.29, 1.82) is 0 Å². The van der Waals surface area contributed by atoms with E-state index in [1.165, 1.54) is 31.8 Å². The maximum absolute atomic E-state index is 12.0. The SMILES string of the molecule is COc1cncc(C(=O)c2ccoc2Cl)c1. The second-order valence-corrected chi connectivity index (χ2v) is 3.39. The Bertz CT molecular complexity index is 521. The fourth-order valence-electron chi connectivity index (χ4n) is 1.27. The second kappa shape index (κ2) is 4.37. The molecule has 2 heterocycles. The molecule has 2 aromatic rings. The molecular formula is C11H8ClNO3. The van der Waals surface area contributed by atoms with Crippen molar-refractivity contribution in [2.24, 2.45) is 0 Å². The van der Waals surface area contributed by atoms with Crippen molar-refractivity contribution in [2.75, 3.05) is 7.11 Å². The summed E-state index contributed by atoms with van der Waals surface area (Å²) in [6, 6.07) is 3.11. The molecule has 0 saturated carbocycles. The highest BCUT2D eigenvalue weighted by Gasteiger charge is 2.15. The van der Waals surface area contributed by atoms with Crippen LogP contribution in [0, 0.1) is 0 Å². The van der Waals surface area contributed by atoms with Gasteiger partial charge in [-0.05, 0) is 23.7 Å². The lowest BCUT2D eigenvalue weighted by atomic mass is 10.1. The number of furan rings is 1. The molecule has 0 aliphatic heterocycles. The van der Waals surface area contributed by atoms with Gasteiger partial charge in [-0.25, -0.2) is 0 Å². The van der Waals surface area contributed by atoms with Crippen molar-refractivity contribution in [1.82, 2.24) is 4.98 Å². The molecular weight excluding hydrogens is 230 g/mol.